The summed E-state index contributed by atoms with van der Waals surface area (Å²) in [6.07, 6.45) is 7.49. The van der Waals surface area contributed by atoms with Gasteiger partial charge in [-0.15, -0.1) is 0 Å². The average molecular weight is 531 g/mol. The largest absolute Gasteiger partial charge is 0.318 e. The maximum atomic E-state index is 13.6. The fraction of sp³-hybridized carbons (Fsp3) is 0.345. The first kappa shape index (κ1) is 23.7. The van der Waals surface area contributed by atoms with Crippen LogP contribution in [0, 0.1) is 27.7 Å². The summed E-state index contributed by atoms with van der Waals surface area (Å²) in [5.41, 5.74) is 7.49. The van der Waals surface area contributed by atoms with Gasteiger partial charge >= 0.3 is 0 Å². The first-order chi connectivity index (χ1) is 16.8. The Kier molecular flexibility index (Phi) is 6.49. The molecule has 0 radical (unpaired) electrons. The zero-order valence-corrected chi connectivity index (χ0v) is 22.4. The van der Waals surface area contributed by atoms with Gasteiger partial charge in [-0.25, -0.2) is 4.98 Å². The number of rotatable bonds is 4. The molecule has 0 aliphatic heterocycles. The molecule has 0 atom stereocenters. The SMILES string of the molecule is Cc1ccc(C)c(-n2c(C)cc(C=Nn3c(C4CCCCC4)nc4ccc(Br)cc4c3=O)c2C)c1. The van der Waals surface area contributed by atoms with Crippen LogP contribution in [-0.2, 0) is 0 Å². The van der Waals surface area contributed by atoms with Gasteiger partial charge in [-0.1, -0.05) is 47.3 Å². The molecule has 2 aromatic carbocycles. The molecule has 0 bridgehead atoms. The Labute approximate surface area is 214 Å². The summed E-state index contributed by atoms with van der Waals surface area (Å²) in [6.45, 7) is 8.47. The van der Waals surface area contributed by atoms with Crippen LogP contribution in [-0.4, -0.2) is 20.4 Å². The summed E-state index contributed by atoms with van der Waals surface area (Å²) in [7, 11) is 0. The molecule has 0 amide bonds. The van der Waals surface area contributed by atoms with E-state index in [2.05, 4.69) is 72.5 Å². The number of benzene rings is 2. The molecule has 1 saturated carbocycles. The van der Waals surface area contributed by atoms with Crippen molar-refractivity contribution >= 4 is 33.0 Å². The Balaban J connectivity index is 1.63. The molecule has 0 saturated heterocycles. The van der Waals surface area contributed by atoms with Crippen molar-refractivity contribution in [1.82, 2.24) is 14.2 Å². The highest BCUT2D eigenvalue weighted by Gasteiger charge is 2.22. The lowest BCUT2D eigenvalue weighted by molar-refractivity contribution is 0.416. The molecule has 2 aromatic heterocycles. The van der Waals surface area contributed by atoms with Gasteiger partial charge in [-0.3, -0.25) is 4.79 Å². The van der Waals surface area contributed by atoms with Gasteiger partial charge in [-0.2, -0.15) is 9.78 Å². The van der Waals surface area contributed by atoms with Gasteiger partial charge in [0.15, 0.2) is 0 Å². The summed E-state index contributed by atoms with van der Waals surface area (Å²) >= 11 is 3.50. The predicted octanol–water partition coefficient (Wildman–Crippen LogP) is 7.11. The van der Waals surface area contributed by atoms with Crippen LogP contribution in [0.5, 0.6) is 0 Å². The van der Waals surface area contributed by atoms with E-state index >= 15 is 0 Å². The van der Waals surface area contributed by atoms with Crippen molar-refractivity contribution < 1.29 is 0 Å². The minimum Gasteiger partial charge on any atom is -0.318 e. The Hall–Kier alpha value is -2.99. The molecule has 4 aromatic rings. The molecule has 180 valence electrons. The zero-order valence-electron chi connectivity index (χ0n) is 20.8. The molecule has 5 nitrogen and oxygen atoms in total. The molecule has 1 aliphatic carbocycles. The van der Waals surface area contributed by atoms with Gasteiger partial charge in [0, 0.05) is 33.0 Å². The normalized spacial score (nSPS) is 14.9. The molecule has 35 heavy (non-hydrogen) atoms. The van der Waals surface area contributed by atoms with Crippen LogP contribution in [0.4, 0.5) is 0 Å². The van der Waals surface area contributed by atoms with Gasteiger partial charge < -0.3 is 4.57 Å². The van der Waals surface area contributed by atoms with E-state index in [9.17, 15) is 4.79 Å². The number of aryl methyl sites for hydroxylation is 3. The van der Waals surface area contributed by atoms with Crippen LogP contribution in [0.1, 0.15) is 71.9 Å². The summed E-state index contributed by atoms with van der Waals surface area (Å²) < 4.78 is 4.68. The number of hydrogen-bond donors (Lipinski definition) is 0. The van der Waals surface area contributed by atoms with Crippen molar-refractivity contribution in [1.29, 1.82) is 0 Å². The van der Waals surface area contributed by atoms with Crippen LogP contribution >= 0.6 is 15.9 Å². The van der Waals surface area contributed by atoms with E-state index < -0.39 is 0 Å². The van der Waals surface area contributed by atoms with Crippen molar-refractivity contribution in [3.8, 4) is 5.69 Å². The highest BCUT2D eigenvalue weighted by molar-refractivity contribution is 9.10. The average Bonchev–Trinajstić information content (AvgIpc) is 3.13. The predicted molar refractivity (Wildman–Crippen MR) is 147 cm³/mol. The molecule has 0 spiro atoms. The molecule has 0 N–H and O–H groups in total. The summed E-state index contributed by atoms with van der Waals surface area (Å²) in [4.78, 5) is 18.6. The number of aromatic nitrogens is 3. The van der Waals surface area contributed by atoms with Crippen molar-refractivity contribution in [2.24, 2.45) is 5.10 Å². The van der Waals surface area contributed by atoms with Crippen LogP contribution < -0.4 is 5.56 Å². The van der Waals surface area contributed by atoms with E-state index in [0.29, 0.717) is 5.39 Å². The van der Waals surface area contributed by atoms with E-state index in [4.69, 9.17) is 10.1 Å². The van der Waals surface area contributed by atoms with E-state index in [1.807, 2.05) is 24.4 Å². The van der Waals surface area contributed by atoms with Crippen LogP contribution in [0.25, 0.3) is 16.6 Å². The summed E-state index contributed by atoms with van der Waals surface area (Å²) in [6, 6.07) is 14.3. The molecular weight excluding hydrogens is 500 g/mol. The van der Waals surface area contributed by atoms with E-state index in [1.54, 1.807) is 4.68 Å². The van der Waals surface area contributed by atoms with Crippen molar-refractivity contribution in [2.75, 3.05) is 0 Å². The third-order valence-corrected chi connectivity index (χ3v) is 7.69. The lowest BCUT2D eigenvalue weighted by Gasteiger charge is -2.22. The highest BCUT2D eigenvalue weighted by Crippen LogP contribution is 2.32. The van der Waals surface area contributed by atoms with Gasteiger partial charge in [0.05, 0.1) is 17.1 Å². The third-order valence-electron chi connectivity index (χ3n) is 7.19. The number of fused-ring (bicyclic) bond motifs is 1. The van der Waals surface area contributed by atoms with E-state index in [-0.39, 0.29) is 11.5 Å². The Morgan fingerprint density at radius 1 is 1.00 bits per heavy atom. The topological polar surface area (TPSA) is 52.2 Å². The Morgan fingerprint density at radius 3 is 2.54 bits per heavy atom. The maximum absolute atomic E-state index is 13.6. The summed E-state index contributed by atoms with van der Waals surface area (Å²) in [5.74, 6) is 1.04. The molecule has 1 aliphatic rings. The minimum absolute atomic E-state index is 0.114. The van der Waals surface area contributed by atoms with Gasteiger partial charge in [0.1, 0.15) is 5.82 Å². The molecule has 5 rings (SSSR count). The van der Waals surface area contributed by atoms with Crippen LogP contribution in [0.15, 0.2) is 56.8 Å². The van der Waals surface area contributed by atoms with Gasteiger partial charge in [0.25, 0.3) is 5.56 Å². The number of hydrogen-bond acceptors (Lipinski definition) is 3. The molecule has 6 heteroatoms. The first-order valence-electron chi connectivity index (χ1n) is 12.4. The molecule has 0 unspecified atom stereocenters. The lowest BCUT2D eigenvalue weighted by atomic mass is 9.88. The van der Waals surface area contributed by atoms with Gasteiger partial charge in [0.2, 0.25) is 0 Å². The summed E-state index contributed by atoms with van der Waals surface area (Å²) in [5, 5.41) is 5.35. The zero-order chi connectivity index (χ0) is 24.7. The molecular formula is C29H31BrN4O. The quantitative estimate of drug-likeness (QED) is 0.264. The van der Waals surface area contributed by atoms with Crippen LogP contribution in [0.2, 0.25) is 0 Å². The highest BCUT2D eigenvalue weighted by atomic mass is 79.9. The van der Waals surface area contributed by atoms with Crippen LogP contribution in [0.3, 0.4) is 0 Å². The Bertz CT molecular complexity index is 1510. The minimum atomic E-state index is -0.114. The second kappa shape index (κ2) is 9.57. The smallest absolute Gasteiger partial charge is 0.282 e. The standard InChI is InChI=1S/C29H31BrN4O/c1-18-10-11-19(2)27(14-18)33-20(3)15-23(21(33)4)17-31-34-28(22-8-6-5-7-9-22)32-26-13-12-24(30)16-25(26)29(34)35/h10-17,22H,5-9H2,1-4H3. The van der Waals surface area contributed by atoms with Crippen molar-refractivity contribution in [3.05, 3.63) is 91.2 Å². The maximum Gasteiger partial charge on any atom is 0.282 e. The Morgan fingerprint density at radius 2 is 1.77 bits per heavy atom. The number of halogens is 1. The van der Waals surface area contributed by atoms with Crippen molar-refractivity contribution in [3.63, 3.8) is 0 Å². The fourth-order valence-corrected chi connectivity index (χ4v) is 5.63. The second-order valence-corrected chi connectivity index (χ2v) is 10.7. The molecule has 1 fully saturated rings. The third kappa shape index (κ3) is 4.52. The molecule has 2 heterocycles. The van der Waals surface area contributed by atoms with E-state index in [1.165, 1.54) is 36.1 Å². The van der Waals surface area contributed by atoms with Gasteiger partial charge in [-0.05, 0) is 82.0 Å². The number of nitrogens with zero attached hydrogens (tertiary/aromatic N) is 4. The monoisotopic (exact) mass is 530 g/mol. The first-order valence-corrected chi connectivity index (χ1v) is 13.2. The van der Waals surface area contributed by atoms with E-state index in [0.717, 1.165) is 45.6 Å². The lowest BCUT2D eigenvalue weighted by Crippen LogP contribution is -2.25. The van der Waals surface area contributed by atoms with Crippen molar-refractivity contribution in [2.45, 2.75) is 65.7 Å². The second-order valence-electron chi connectivity index (χ2n) is 9.78. The fourth-order valence-electron chi connectivity index (χ4n) is 5.27.